The maximum atomic E-state index is 5.54. The Morgan fingerprint density at radius 2 is 1.96 bits per heavy atom. The van der Waals surface area contributed by atoms with Crippen LogP contribution in [0.4, 0.5) is 0 Å². The molecule has 24 heavy (non-hydrogen) atoms. The monoisotopic (exact) mass is 322 g/mol. The van der Waals surface area contributed by atoms with Crippen molar-refractivity contribution >= 4 is 0 Å². The van der Waals surface area contributed by atoms with Crippen LogP contribution in [0.1, 0.15) is 31.1 Å². The summed E-state index contributed by atoms with van der Waals surface area (Å²) in [5, 5.41) is 12.0. The quantitative estimate of drug-likeness (QED) is 0.723. The molecule has 0 bridgehead atoms. The van der Waals surface area contributed by atoms with Crippen molar-refractivity contribution in [1.29, 1.82) is 0 Å². The van der Waals surface area contributed by atoms with Gasteiger partial charge in [-0.3, -0.25) is 0 Å². The van der Waals surface area contributed by atoms with Crippen molar-refractivity contribution in [1.82, 2.24) is 20.3 Å². The lowest BCUT2D eigenvalue weighted by Gasteiger charge is -2.12. The van der Waals surface area contributed by atoms with Crippen molar-refractivity contribution in [3.63, 3.8) is 0 Å². The molecular weight excluding hydrogens is 300 g/mol. The van der Waals surface area contributed by atoms with Crippen LogP contribution in [-0.4, -0.2) is 21.6 Å². The summed E-state index contributed by atoms with van der Waals surface area (Å²) < 4.78 is 7.33. The minimum absolute atomic E-state index is 0.109. The molecule has 3 rings (SSSR count). The fourth-order valence-corrected chi connectivity index (χ4v) is 2.47. The van der Waals surface area contributed by atoms with E-state index in [1.54, 1.807) is 4.68 Å². The van der Waals surface area contributed by atoms with Gasteiger partial charge in [-0.25, -0.2) is 4.68 Å². The number of benzene rings is 2. The summed E-state index contributed by atoms with van der Waals surface area (Å²) >= 11 is 0. The SMILES string of the molecule is CCOc1cccc(CNC(C)c2cn(-c3ccccc3)nn2)c1. The second-order valence-electron chi connectivity index (χ2n) is 5.61. The Morgan fingerprint density at radius 1 is 1.12 bits per heavy atom. The van der Waals surface area contributed by atoms with Gasteiger partial charge in [-0.05, 0) is 43.7 Å². The highest BCUT2D eigenvalue weighted by Gasteiger charge is 2.10. The molecule has 0 spiro atoms. The van der Waals surface area contributed by atoms with E-state index in [2.05, 4.69) is 34.7 Å². The summed E-state index contributed by atoms with van der Waals surface area (Å²) in [7, 11) is 0. The molecule has 1 atom stereocenters. The van der Waals surface area contributed by atoms with E-state index in [1.807, 2.05) is 55.6 Å². The molecule has 3 aromatic rings. The predicted molar refractivity (Wildman–Crippen MR) is 94.2 cm³/mol. The van der Waals surface area contributed by atoms with Crippen molar-refractivity contribution in [3.05, 3.63) is 72.1 Å². The van der Waals surface area contributed by atoms with Gasteiger partial charge in [0.15, 0.2) is 0 Å². The summed E-state index contributed by atoms with van der Waals surface area (Å²) in [4.78, 5) is 0. The Kier molecular flexibility index (Phi) is 5.23. The van der Waals surface area contributed by atoms with Crippen LogP contribution in [0.2, 0.25) is 0 Å². The third-order valence-electron chi connectivity index (χ3n) is 3.80. The van der Waals surface area contributed by atoms with E-state index in [1.165, 1.54) is 5.56 Å². The Balaban J connectivity index is 1.62. The van der Waals surface area contributed by atoms with Crippen LogP contribution in [0.3, 0.4) is 0 Å². The van der Waals surface area contributed by atoms with Crippen LogP contribution >= 0.6 is 0 Å². The lowest BCUT2D eigenvalue weighted by atomic mass is 10.2. The van der Waals surface area contributed by atoms with Gasteiger partial charge in [0.2, 0.25) is 0 Å². The molecule has 0 aliphatic rings. The van der Waals surface area contributed by atoms with Gasteiger partial charge in [0.1, 0.15) is 5.75 Å². The molecule has 1 aromatic heterocycles. The van der Waals surface area contributed by atoms with Gasteiger partial charge in [0, 0.05) is 6.54 Å². The first-order valence-electron chi connectivity index (χ1n) is 8.19. The zero-order valence-electron chi connectivity index (χ0n) is 14.0. The predicted octanol–water partition coefficient (Wildman–Crippen LogP) is 3.52. The fraction of sp³-hybridized carbons (Fsp3) is 0.263. The van der Waals surface area contributed by atoms with E-state index in [0.29, 0.717) is 6.61 Å². The summed E-state index contributed by atoms with van der Waals surface area (Å²) in [6, 6.07) is 18.2. The van der Waals surface area contributed by atoms with E-state index >= 15 is 0 Å². The molecule has 5 heteroatoms. The topological polar surface area (TPSA) is 52.0 Å². The first-order valence-corrected chi connectivity index (χ1v) is 8.19. The van der Waals surface area contributed by atoms with Gasteiger partial charge >= 0.3 is 0 Å². The van der Waals surface area contributed by atoms with E-state index in [0.717, 1.165) is 23.7 Å². The van der Waals surface area contributed by atoms with Crippen LogP contribution in [0.5, 0.6) is 5.75 Å². The standard InChI is InChI=1S/C19H22N4O/c1-3-24-18-11-7-8-16(12-18)13-20-15(2)19-14-23(22-21-19)17-9-5-4-6-10-17/h4-12,14-15,20H,3,13H2,1-2H3. The minimum atomic E-state index is 0.109. The van der Waals surface area contributed by atoms with Crippen LogP contribution in [-0.2, 0) is 6.54 Å². The van der Waals surface area contributed by atoms with Gasteiger partial charge in [-0.1, -0.05) is 35.5 Å². The Morgan fingerprint density at radius 3 is 2.75 bits per heavy atom. The highest BCUT2D eigenvalue weighted by Crippen LogP contribution is 2.16. The highest BCUT2D eigenvalue weighted by molar-refractivity contribution is 5.30. The number of hydrogen-bond acceptors (Lipinski definition) is 4. The van der Waals surface area contributed by atoms with Crippen molar-refractivity contribution in [2.75, 3.05) is 6.61 Å². The Labute approximate surface area is 142 Å². The smallest absolute Gasteiger partial charge is 0.119 e. The molecule has 2 aromatic carbocycles. The van der Waals surface area contributed by atoms with E-state index in [4.69, 9.17) is 4.74 Å². The molecule has 1 unspecified atom stereocenters. The minimum Gasteiger partial charge on any atom is -0.494 e. The molecule has 0 aliphatic heterocycles. The number of aromatic nitrogens is 3. The maximum absolute atomic E-state index is 5.54. The number of rotatable bonds is 7. The number of hydrogen-bond donors (Lipinski definition) is 1. The number of ether oxygens (including phenoxy) is 1. The first-order chi connectivity index (χ1) is 11.8. The highest BCUT2D eigenvalue weighted by atomic mass is 16.5. The average molecular weight is 322 g/mol. The zero-order valence-corrected chi connectivity index (χ0v) is 14.0. The van der Waals surface area contributed by atoms with Gasteiger partial charge in [0.05, 0.1) is 30.2 Å². The van der Waals surface area contributed by atoms with Crippen molar-refractivity contribution in [3.8, 4) is 11.4 Å². The van der Waals surface area contributed by atoms with Crippen LogP contribution < -0.4 is 10.1 Å². The molecule has 0 aliphatic carbocycles. The second-order valence-corrected chi connectivity index (χ2v) is 5.61. The summed E-state index contributed by atoms with van der Waals surface area (Å²) in [5.41, 5.74) is 3.11. The van der Waals surface area contributed by atoms with Gasteiger partial charge < -0.3 is 10.1 Å². The third-order valence-corrected chi connectivity index (χ3v) is 3.80. The van der Waals surface area contributed by atoms with Crippen molar-refractivity contribution in [2.24, 2.45) is 0 Å². The summed E-state index contributed by atoms with van der Waals surface area (Å²) in [5.74, 6) is 0.902. The molecule has 0 saturated heterocycles. The number of para-hydroxylation sites is 1. The molecular formula is C19H22N4O. The lowest BCUT2D eigenvalue weighted by molar-refractivity contribution is 0.339. The van der Waals surface area contributed by atoms with Gasteiger partial charge in [-0.15, -0.1) is 5.10 Å². The molecule has 5 nitrogen and oxygen atoms in total. The second kappa shape index (κ2) is 7.75. The van der Waals surface area contributed by atoms with E-state index in [-0.39, 0.29) is 6.04 Å². The van der Waals surface area contributed by atoms with Gasteiger partial charge in [-0.2, -0.15) is 0 Å². The molecule has 0 amide bonds. The zero-order chi connectivity index (χ0) is 16.8. The van der Waals surface area contributed by atoms with Gasteiger partial charge in [0.25, 0.3) is 0 Å². The first kappa shape index (κ1) is 16.2. The largest absolute Gasteiger partial charge is 0.494 e. The molecule has 0 radical (unpaired) electrons. The fourth-order valence-electron chi connectivity index (χ4n) is 2.47. The Bertz CT molecular complexity index is 770. The van der Waals surface area contributed by atoms with Crippen molar-refractivity contribution in [2.45, 2.75) is 26.4 Å². The lowest BCUT2D eigenvalue weighted by Crippen LogP contribution is -2.18. The van der Waals surface area contributed by atoms with E-state index in [9.17, 15) is 0 Å². The molecule has 1 heterocycles. The summed E-state index contributed by atoms with van der Waals surface area (Å²) in [6.45, 7) is 5.50. The number of nitrogens with one attached hydrogen (secondary N) is 1. The average Bonchev–Trinajstić information content (AvgIpc) is 3.11. The van der Waals surface area contributed by atoms with Crippen LogP contribution in [0, 0.1) is 0 Å². The summed E-state index contributed by atoms with van der Waals surface area (Å²) in [6.07, 6.45) is 1.96. The van der Waals surface area contributed by atoms with Crippen LogP contribution in [0.25, 0.3) is 5.69 Å². The van der Waals surface area contributed by atoms with Crippen molar-refractivity contribution < 1.29 is 4.74 Å². The molecule has 0 fully saturated rings. The van der Waals surface area contributed by atoms with E-state index < -0.39 is 0 Å². The number of nitrogens with zero attached hydrogens (tertiary/aromatic N) is 3. The maximum Gasteiger partial charge on any atom is 0.119 e. The third kappa shape index (κ3) is 4.00. The molecule has 124 valence electrons. The molecule has 1 N–H and O–H groups in total. The Hall–Kier alpha value is -2.66. The molecule has 0 saturated carbocycles. The van der Waals surface area contributed by atoms with Crippen LogP contribution in [0.15, 0.2) is 60.8 Å². The normalized spacial score (nSPS) is 12.1.